The summed E-state index contributed by atoms with van der Waals surface area (Å²) < 4.78 is 7.35. The second-order valence-corrected chi connectivity index (χ2v) is 7.07. The summed E-state index contributed by atoms with van der Waals surface area (Å²) in [6, 6.07) is 6.31. The number of hydrogen-bond donors (Lipinski definition) is 5. The molecule has 28 heavy (non-hydrogen) atoms. The molecule has 1 aliphatic heterocycles. The lowest BCUT2D eigenvalue weighted by molar-refractivity contribution is -0.0852. The van der Waals surface area contributed by atoms with E-state index in [2.05, 4.69) is 9.97 Å². The van der Waals surface area contributed by atoms with Gasteiger partial charge in [-0.25, -0.2) is 9.97 Å². The first-order valence-corrected chi connectivity index (χ1v) is 8.96. The summed E-state index contributed by atoms with van der Waals surface area (Å²) in [5.74, 6) is 0.280. The van der Waals surface area contributed by atoms with Crippen LogP contribution in [0, 0.1) is 0 Å². The third-order valence-corrected chi connectivity index (χ3v) is 5.23. The Balaban J connectivity index is 1.67. The zero-order valence-corrected chi connectivity index (χ0v) is 15.3. The predicted molar refractivity (Wildman–Crippen MR) is 100 cm³/mol. The quantitative estimate of drug-likeness (QED) is 0.421. The van der Waals surface area contributed by atoms with E-state index in [0.717, 1.165) is 0 Å². The molecule has 4 rings (SSSR count). The van der Waals surface area contributed by atoms with Crippen molar-refractivity contribution in [2.45, 2.75) is 37.3 Å². The number of nitrogen functional groups attached to an aromatic ring is 1. The Morgan fingerprint density at radius 2 is 2.00 bits per heavy atom. The summed E-state index contributed by atoms with van der Waals surface area (Å²) in [4.78, 5) is 8.08. The Morgan fingerprint density at radius 3 is 2.75 bits per heavy atom. The van der Waals surface area contributed by atoms with Gasteiger partial charge in [-0.3, -0.25) is 0 Å². The summed E-state index contributed by atoms with van der Waals surface area (Å²) >= 11 is 5.93. The molecule has 3 aromatic rings. The summed E-state index contributed by atoms with van der Waals surface area (Å²) in [5, 5.41) is 42.4. The van der Waals surface area contributed by atoms with E-state index in [4.69, 9.17) is 22.1 Å². The van der Waals surface area contributed by atoms with Crippen molar-refractivity contribution in [1.29, 1.82) is 0 Å². The molecule has 10 heteroatoms. The van der Waals surface area contributed by atoms with Gasteiger partial charge < -0.3 is 35.5 Å². The van der Waals surface area contributed by atoms with Crippen LogP contribution < -0.4 is 5.73 Å². The Labute approximate surface area is 164 Å². The predicted octanol–water partition coefficient (Wildman–Crippen LogP) is 0.512. The number of fused-ring (bicyclic) bond motifs is 1. The number of aliphatic hydroxyl groups is 4. The molecule has 0 spiro atoms. The lowest BCUT2D eigenvalue weighted by Gasteiger charge is -2.23. The first kappa shape index (κ1) is 19.1. The van der Waals surface area contributed by atoms with E-state index in [1.807, 2.05) is 0 Å². The van der Waals surface area contributed by atoms with E-state index in [0.29, 0.717) is 27.2 Å². The van der Waals surface area contributed by atoms with Crippen LogP contribution in [0.4, 0.5) is 5.82 Å². The number of rotatable bonds is 4. The van der Waals surface area contributed by atoms with Crippen LogP contribution in [0.2, 0.25) is 5.02 Å². The van der Waals surface area contributed by atoms with Crippen LogP contribution in [0.1, 0.15) is 23.5 Å². The highest BCUT2D eigenvalue weighted by molar-refractivity contribution is 6.30. The van der Waals surface area contributed by atoms with Gasteiger partial charge in [-0.05, 0) is 29.3 Å². The van der Waals surface area contributed by atoms with Gasteiger partial charge in [-0.1, -0.05) is 17.7 Å². The first-order chi connectivity index (χ1) is 13.4. The average Bonchev–Trinajstić information content (AvgIpc) is 3.24. The van der Waals surface area contributed by atoms with Crippen LogP contribution >= 0.6 is 11.6 Å². The van der Waals surface area contributed by atoms with Crippen molar-refractivity contribution in [2.24, 2.45) is 0 Å². The molecule has 6 N–H and O–H groups in total. The fourth-order valence-corrected chi connectivity index (χ4v) is 3.74. The van der Waals surface area contributed by atoms with Gasteiger partial charge in [0.05, 0.1) is 12.0 Å². The number of nitrogens with two attached hydrogens (primary N) is 1. The molecular weight excluding hydrogens is 388 g/mol. The SMILES string of the molecule is Nc1ncnc2c1ccn2[C@@H]1O[C@H](C(O)c2ccc(Cl)cc2CO)[C@@H](O)[C@H]1O. The van der Waals surface area contributed by atoms with Gasteiger partial charge in [0.1, 0.15) is 42.2 Å². The number of aromatic nitrogens is 3. The zero-order valence-electron chi connectivity index (χ0n) is 14.6. The van der Waals surface area contributed by atoms with E-state index in [1.54, 1.807) is 24.4 Å². The Morgan fingerprint density at radius 1 is 1.21 bits per heavy atom. The molecule has 3 heterocycles. The number of hydrogen-bond acceptors (Lipinski definition) is 8. The lowest BCUT2D eigenvalue weighted by atomic mass is 9.95. The average molecular weight is 407 g/mol. The van der Waals surface area contributed by atoms with Crippen LogP contribution in [0.25, 0.3) is 11.0 Å². The van der Waals surface area contributed by atoms with Crippen LogP contribution in [0.15, 0.2) is 36.8 Å². The van der Waals surface area contributed by atoms with Gasteiger partial charge in [0.15, 0.2) is 6.23 Å². The van der Waals surface area contributed by atoms with Crippen molar-refractivity contribution < 1.29 is 25.2 Å². The van der Waals surface area contributed by atoms with Gasteiger partial charge in [0.25, 0.3) is 0 Å². The van der Waals surface area contributed by atoms with Crippen molar-refractivity contribution in [2.75, 3.05) is 5.73 Å². The number of aliphatic hydroxyl groups excluding tert-OH is 4. The standard InChI is InChI=1S/C18H19ClN4O5/c19-9-1-2-10(8(5-9)6-24)12(25)15-13(26)14(27)18(28-15)23-4-3-11-16(20)21-7-22-17(11)23/h1-5,7,12-15,18,24-27H,6H2,(H2,20,21,22)/t12?,13-,14+,15+,18+/m0/s1. The van der Waals surface area contributed by atoms with E-state index >= 15 is 0 Å². The van der Waals surface area contributed by atoms with Crippen LogP contribution in [0.5, 0.6) is 0 Å². The van der Waals surface area contributed by atoms with Crippen molar-refractivity contribution in [3.05, 3.63) is 52.9 Å². The highest BCUT2D eigenvalue weighted by Crippen LogP contribution is 2.38. The fraction of sp³-hybridized carbons (Fsp3) is 0.333. The summed E-state index contributed by atoms with van der Waals surface area (Å²) in [6.07, 6.45) is -3.22. The number of halogens is 1. The summed E-state index contributed by atoms with van der Waals surface area (Å²) in [5.41, 5.74) is 7.02. The van der Waals surface area contributed by atoms with Gasteiger partial charge in [-0.15, -0.1) is 0 Å². The minimum Gasteiger partial charge on any atom is -0.392 e. The molecule has 1 fully saturated rings. The molecule has 0 saturated carbocycles. The van der Waals surface area contributed by atoms with Gasteiger partial charge in [0, 0.05) is 11.2 Å². The Hall–Kier alpha value is -2.27. The van der Waals surface area contributed by atoms with Crippen molar-refractivity contribution in [1.82, 2.24) is 14.5 Å². The van der Waals surface area contributed by atoms with Crippen LogP contribution in [-0.2, 0) is 11.3 Å². The van der Waals surface area contributed by atoms with Crippen molar-refractivity contribution in [3.63, 3.8) is 0 Å². The highest BCUT2D eigenvalue weighted by Gasteiger charge is 2.47. The normalized spacial score (nSPS) is 26.0. The first-order valence-electron chi connectivity index (χ1n) is 8.58. The zero-order chi connectivity index (χ0) is 20.0. The van der Waals surface area contributed by atoms with E-state index in [1.165, 1.54) is 17.0 Å². The molecule has 0 amide bonds. The number of ether oxygens (including phenoxy) is 1. The summed E-state index contributed by atoms with van der Waals surface area (Å²) in [6.45, 7) is -0.347. The molecule has 0 aliphatic carbocycles. The molecule has 1 aromatic carbocycles. The third-order valence-electron chi connectivity index (χ3n) is 4.99. The molecule has 2 aromatic heterocycles. The molecule has 1 aliphatic rings. The number of anilines is 1. The molecule has 148 valence electrons. The monoisotopic (exact) mass is 406 g/mol. The van der Waals surface area contributed by atoms with E-state index < -0.39 is 30.6 Å². The van der Waals surface area contributed by atoms with Crippen LogP contribution in [0.3, 0.4) is 0 Å². The smallest absolute Gasteiger partial charge is 0.164 e. The van der Waals surface area contributed by atoms with E-state index in [9.17, 15) is 20.4 Å². The Kier molecular flexibility index (Phi) is 4.96. The maximum Gasteiger partial charge on any atom is 0.164 e. The summed E-state index contributed by atoms with van der Waals surface area (Å²) in [7, 11) is 0. The molecular formula is C18H19ClN4O5. The maximum atomic E-state index is 10.8. The van der Waals surface area contributed by atoms with Gasteiger partial charge in [-0.2, -0.15) is 0 Å². The highest BCUT2D eigenvalue weighted by atomic mass is 35.5. The second kappa shape index (κ2) is 7.28. The molecule has 0 bridgehead atoms. The van der Waals surface area contributed by atoms with Crippen molar-refractivity contribution in [3.8, 4) is 0 Å². The molecule has 5 atom stereocenters. The minimum atomic E-state index is -1.38. The Bertz CT molecular complexity index is 1010. The number of nitrogens with zero attached hydrogens (tertiary/aromatic N) is 3. The minimum absolute atomic E-state index is 0.280. The maximum absolute atomic E-state index is 10.8. The van der Waals surface area contributed by atoms with Crippen molar-refractivity contribution >= 4 is 28.5 Å². The molecule has 1 unspecified atom stereocenters. The number of benzene rings is 1. The topological polar surface area (TPSA) is 147 Å². The van der Waals surface area contributed by atoms with E-state index in [-0.39, 0.29) is 12.4 Å². The molecule has 1 saturated heterocycles. The fourth-order valence-electron chi connectivity index (χ4n) is 3.55. The van der Waals surface area contributed by atoms with Gasteiger partial charge in [0.2, 0.25) is 0 Å². The molecule has 9 nitrogen and oxygen atoms in total. The van der Waals surface area contributed by atoms with Crippen LogP contribution in [-0.4, -0.2) is 53.3 Å². The molecule has 0 radical (unpaired) electrons. The second-order valence-electron chi connectivity index (χ2n) is 6.64. The van der Waals surface area contributed by atoms with Gasteiger partial charge >= 0.3 is 0 Å². The third kappa shape index (κ3) is 3.02. The lowest BCUT2D eigenvalue weighted by Crippen LogP contribution is -2.35. The largest absolute Gasteiger partial charge is 0.392 e.